The van der Waals surface area contributed by atoms with E-state index in [0.29, 0.717) is 12.5 Å². The molecule has 0 amide bonds. The van der Waals surface area contributed by atoms with Crippen LogP contribution < -0.4 is 0 Å². The first-order chi connectivity index (χ1) is 9.86. The van der Waals surface area contributed by atoms with Gasteiger partial charge in [0.2, 0.25) is 0 Å². The average molecular weight is 294 g/mol. The minimum Gasteiger partial charge on any atom is -0.481 e. The Hall–Kier alpha value is -2.63. The molecule has 3 N–H and O–H groups in total. The van der Waals surface area contributed by atoms with Crippen LogP contribution in [0.25, 0.3) is 0 Å². The van der Waals surface area contributed by atoms with E-state index in [4.69, 9.17) is 15.3 Å². The molecule has 0 spiro atoms. The highest BCUT2D eigenvalue weighted by molar-refractivity contribution is 5.94. The molecular formula is C15H18O6. The van der Waals surface area contributed by atoms with Crippen molar-refractivity contribution in [2.75, 3.05) is 0 Å². The summed E-state index contributed by atoms with van der Waals surface area (Å²) in [7, 11) is 0. The van der Waals surface area contributed by atoms with Gasteiger partial charge >= 0.3 is 17.9 Å². The Balaban J connectivity index is 0.000000384. The van der Waals surface area contributed by atoms with Crippen LogP contribution in [0.2, 0.25) is 0 Å². The van der Waals surface area contributed by atoms with Crippen molar-refractivity contribution in [2.45, 2.75) is 26.2 Å². The quantitative estimate of drug-likeness (QED) is 0.693. The van der Waals surface area contributed by atoms with Crippen molar-refractivity contribution < 1.29 is 29.7 Å². The van der Waals surface area contributed by atoms with Gasteiger partial charge in [0.15, 0.2) is 0 Å². The summed E-state index contributed by atoms with van der Waals surface area (Å²) in [6.45, 7) is 1.59. The van der Waals surface area contributed by atoms with Gasteiger partial charge in [-0.25, -0.2) is 9.59 Å². The Kier molecular flexibility index (Phi) is 8.92. The van der Waals surface area contributed by atoms with E-state index in [-0.39, 0.29) is 18.4 Å². The monoisotopic (exact) mass is 294 g/mol. The summed E-state index contributed by atoms with van der Waals surface area (Å²) in [5.74, 6) is -3.14. The first-order valence-corrected chi connectivity index (χ1v) is 6.29. The molecule has 0 heterocycles. The minimum atomic E-state index is -1.22. The summed E-state index contributed by atoms with van der Waals surface area (Å²) < 4.78 is 0. The lowest BCUT2D eigenvalue weighted by molar-refractivity contribution is -0.137. The molecule has 114 valence electrons. The smallest absolute Gasteiger partial charge is 0.331 e. The Morgan fingerprint density at radius 1 is 1.05 bits per heavy atom. The molecule has 6 heteroatoms. The number of benzene rings is 1. The van der Waals surface area contributed by atoms with Crippen LogP contribution in [-0.4, -0.2) is 33.2 Å². The minimum absolute atomic E-state index is 0.0903. The largest absolute Gasteiger partial charge is 0.481 e. The van der Waals surface area contributed by atoms with E-state index >= 15 is 0 Å². The second-order valence-electron chi connectivity index (χ2n) is 4.05. The van der Waals surface area contributed by atoms with Gasteiger partial charge in [0.1, 0.15) is 0 Å². The summed E-state index contributed by atoms with van der Waals surface area (Å²) in [5, 5.41) is 24.8. The average Bonchev–Trinajstić information content (AvgIpc) is 2.44. The number of carboxylic acids is 3. The molecule has 0 aliphatic carbocycles. The number of carbonyl (C=O) groups is 3. The van der Waals surface area contributed by atoms with Crippen LogP contribution in [0, 0.1) is 0 Å². The lowest BCUT2D eigenvalue weighted by Crippen LogP contribution is -2.02. The van der Waals surface area contributed by atoms with Gasteiger partial charge in [-0.1, -0.05) is 37.3 Å². The fourth-order valence-corrected chi connectivity index (χ4v) is 1.36. The van der Waals surface area contributed by atoms with Crippen LogP contribution >= 0.6 is 0 Å². The maximum Gasteiger partial charge on any atom is 0.331 e. The highest BCUT2D eigenvalue weighted by Gasteiger charge is 2.05. The van der Waals surface area contributed by atoms with Gasteiger partial charge in [-0.3, -0.25) is 4.79 Å². The van der Waals surface area contributed by atoms with Crippen LogP contribution in [0.4, 0.5) is 0 Å². The molecule has 1 aromatic carbocycles. The van der Waals surface area contributed by atoms with Gasteiger partial charge in [0, 0.05) is 18.1 Å². The van der Waals surface area contributed by atoms with Crippen molar-refractivity contribution in [2.24, 2.45) is 0 Å². The second kappa shape index (κ2) is 10.2. The zero-order chi connectivity index (χ0) is 16.3. The number of hydrogen-bond acceptors (Lipinski definition) is 3. The number of aliphatic carboxylic acids is 3. The number of carboxylic acid groups (broad SMARTS) is 3. The Labute approximate surface area is 122 Å². The molecule has 1 rings (SSSR count). The van der Waals surface area contributed by atoms with Gasteiger partial charge < -0.3 is 15.3 Å². The van der Waals surface area contributed by atoms with Gasteiger partial charge in [0.25, 0.3) is 0 Å². The Morgan fingerprint density at radius 3 is 1.95 bits per heavy atom. The predicted octanol–water partition coefficient (Wildman–Crippen LogP) is 2.20. The summed E-state index contributed by atoms with van der Waals surface area (Å²) in [5.41, 5.74) is 0.988. The molecule has 0 aliphatic heterocycles. The predicted molar refractivity (Wildman–Crippen MR) is 76.0 cm³/mol. The molecule has 1 aromatic rings. The lowest BCUT2D eigenvalue weighted by Gasteiger charge is -1.95. The second-order valence-corrected chi connectivity index (χ2v) is 4.05. The molecule has 0 aromatic heterocycles. The molecule has 0 aliphatic rings. The first-order valence-electron chi connectivity index (χ1n) is 6.29. The van der Waals surface area contributed by atoms with Gasteiger partial charge in [-0.2, -0.15) is 0 Å². The van der Waals surface area contributed by atoms with Crippen molar-refractivity contribution in [3.05, 3.63) is 47.5 Å². The summed E-state index contributed by atoms with van der Waals surface area (Å²) in [6.07, 6.45) is 1.75. The van der Waals surface area contributed by atoms with Gasteiger partial charge in [0.05, 0.1) is 0 Å². The van der Waals surface area contributed by atoms with E-state index in [1.807, 2.05) is 30.3 Å². The molecule has 0 saturated carbocycles. The Morgan fingerprint density at radius 2 is 1.62 bits per heavy atom. The SMILES string of the molecule is CC/C(=C\C(=O)O)C(=O)O.O=C(O)CCc1ccccc1. The third kappa shape index (κ3) is 9.89. The summed E-state index contributed by atoms with van der Waals surface area (Å²) >= 11 is 0. The molecule has 6 nitrogen and oxygen atoms in total. The van der Waals surface area contributed by atoms with Gasteiger partial charge in [-0.15, -0.1) is 0 Å². The van der Waals surface area contributed by atoms with Crippen molar-refractivity contribution in [1.29, 1.82) is 0 Å². The number of rotatable bonds is 6. The molecule has 21 heavy (non-hydrogen) atoms. The molecule has 0 saturated heterocycles. The van der Waals surface area contributed by atoms with Crippen LogP contribution in [-0.2, 0) is 20.8 Å². The Bertz CT molecular complexity index is 504. The zero-order valence-electron chi connectivity index (χ0n) is 11.7. The van der Waals surface area contributed by atoms with Crippen molar-refractivity contribution >= 4 is 17.9 Å². The highest BCUT2D eigenvalue weighted by Crippen LogP contribution is 2.01. The number of hydrogen-bond donors (Lipinski definition) is 3. The highest BCUT2D eigenvalue weighted by atomic mass is 16.4. The first kappa shape index (κ1) is 18.4. The van der Waals surface area contributed by atoms with E-state index in [0.717, 1.165) is 5.56 Å². The van der Waals surface area contributed by atoms with E-state index in [9.17, 15) is 14.4 Å². The topological polar surface area (TPSA) is 112 Å². The third-order valence-corrected chi connectivity index (χ3v) is 2.42. The maximum absolute atomic E-state index is 10.2. The molecular weight excluding hydrogens is 276 g/mol. The fourth-order valence-electron chi connectivity index (χ4n) is 1.36. The van der Waals surface area contributed by atoms with Crippen LogP contribution in [0.15, 0.2) is 42.0 Å². The fraction of sp³-hybridized carbons (Fsp3) is 0.267. The summed E-state index contributed by atoms with van der Waals surface area (Å²) in [6, 6.07) is 9.62. The maximum atomic E-state index is 10.2. The van der Waals surface area contributed by atoms with Crippen molar-refractivity contribution in [1.82, 2.24) is 0 Å². The lowest BCUT2D eigenvalue weighted by atomic mass is 10.1. The normalized spacial score (nSPS) is 10.2. The van der Waals surface area contributed by atoms with Gasteiger partial charge in [-0.05, 0) is 18.4 Å². The van der Waals surface area contributed by atoms with E-state index < -0.39 is 17.9 Å². The standard InChI is InChI=1S/C9H10O2.C6H8O4/c10-9(11)7-6-8-4-2-1-3-5-8;1-2-4(6(9)10)3-5(7)8/h1-5H,6-7H2,(H,10,11);3H,2H2,1H3,(H,7,8)(H,9,10)/b;4-3+. The summed E-state index contributed by atoms with van der Waals surface area (Å²) in [4.78, 5) is 30.2. The third-order valence-electron chi connectivity index (χ3n) is 2.42. The van der Waals surface area contributed by atoms with Crippen LogP contribution in [0.1, 0.15) is 25.3 Å². The number of aryl methyl sites for hydroxylation is 1. The molecule has 0 bridgehead atoms. The van der Waals surface area contributed by atoms with Crippen molar-refractivity contribution in [3.8, 4) is 0 Å². The molecule has 0 fully saturated rings. The molecule has 0 radical (unpaired) electrons. The van der Waals surface area contributed by atoms with Crippen LogP contribution in [0.3, 0.4) is 0 Å². The van der Waals surface area contributed by atoms with Crippen molar-refractivity contribution in [3.63, 3.8) is 0 Å². The van der Waals surface area contributed by atoms with E-state index in [2.05, 4.69) is 0 Å². The molecule has 0 unspecified atom stereocenters. The molecule has 0 atom stereocenters. The van der Waals surface area contributed by atoms with E-state index in [1.54, 1.807) is 6.92 Å². The zero-order valence-corrected chi connectivity index (χ0v) is 11.7. The van der Waals surface area contributed by atoms with E-state index in [1.165, 1.54) is 0 Å². The van der Waals surface area contributed by atoms with Crippen LogP contribution in [0.5, 0.6) is 0 Å².